The first-order chi connectivity index (χ1) is 12.6. The first-order valence-electron chi connectivity index (χ1n) is 9.22. The number of aromatic nitrogens is 1. The molecule has 0 unspecified atom stereocenters. The van der Waals surface area contributed by atoms with Crippen molar-refractivity contribution in [3.63, 3.8) is 0 Å². The third kappa shape index (κ3) is 1.65. The third-order valence-electron chi connectivity index (χ3n) is 6.16. The molecule has 0 fully saturated rings. The minimum absolute atomic E-state index is 1.22. The molecule has 0 amide bonds. The molecule has 0 atom stereocenters. The molecule has 124 valence electrons. The molecule has 5 aromatic rings. The molecule has 2 heterocycles. The molecule has 1 N–H and O–H groups in total. The van der Waals surface area contributed by atoms with Crippen molar-refractivity contribution in [3.8, 4) is 11.1 Å². The number of benzene rings is 4. The zero-order valence-corrected chi connectivity index (χ0v) is 15.9. The van der Waals surface area contributed by atoms with E-state index in [0.717, 1.165) is 0 Å². The molecular formula is C24H19NSi. The number of hydrogen-bond acceptors (Lipinski definition) is 0. The van der Waals surface area contributed by atoms with Gasteiger partial charge in [-0.2, -0.15) is 0 Å². The van der Waals surface area contributed by atoms with Gasteiger partial charge in [0.05, 0.1) is 0 Å². The second-order valence-electron chi connectivity index (χ2n) is 7.95. The standard InChI is InChI=1S/C24H19NSi/c1-26(2)23-10-6-4-8-17(23)18-12-11-15-13-20-16-7-3-5-9-21(16)25-22(20)14-19(15)24(18)26/h3-14,25H,1-2H3. The van der Waals surface area contributed by atoms with E-state index in [4.69, 9.17) is 0 Å². The summed E-state index contributed by atoms with van der Waals surface area (Å²) in [4.78, 5) is 3.63. The molecule has 0 bridgehead atoms. The lowest BCUT2D eigenvalue weighted by atomic mass is 10.00. The molecule has 4 aromatic carbocycles. The molecule has 0 spiro atoms. The van der Waals surface area contributed by atoms with E-state index >= 15 is 0 Å². The summed E-state index contributed by atoms with van der Waals surface area (Å²) in [7, 11) is -1.69. The molecule has 0 saturated heterocycles. The Morgan fingerprint density at radius 3 is 2.38 bits per heavy atom. The Morgan fingerprint density at radius 2 is 1.46 bits per heavy atom. The van der Waals surface area contributed by atoms with Gasteiger partial charge in [-0.05, 0) is 50.5 Å². The number of fused-ring (bicyclic) bond motifs is 8. The molecule has 1 aromatic heterocycles. The lowest BCUT2D eigenvalue weighted by Gasteiger charge is -2.20. The van der Waals surface area contributed by atoms with Crippen molar-refractivity contribution in [2.24, 2.45) is 0 Å². The Kier molecular flexibility index (Phi) is 2.57. The van der Waals surface area contributed by atoms with Gasteiger partial charge in [-0.1, -0.05) is 67.7 Å². The third-order valence-corrected chi connectivity index (χ3v) is 9.73. The fourth-order valence-electron chi connectivity index (χ4n) is 4.97. The maximum atomic E-state index is 3.63. The smallest absolute Gasteiger partial charge is 0.114 e. The highest BCUT2D eigenvalue weighted by atomic mass is 28.3. The van der Waals surface area contributed by atoms with Gasteiger partial charge in [0.1, 0.15) is 8.07 Å². The van der Waals surface area contributed by atoms with Crippen molar-refractivity contribution in [1.29, 1.82) is 0 Å². The zero-order valence-electron chi connectivity index (χ0n) is 14.9. The van der Waals surface area contributed by atoms with Crippen LogP contribution in [-0.2, 0) is 0 Å². The van der Waals surface area contributed by atoms with Crippen LogP contribution in [0.5, 0.6) is 0 Å². The maximum absolute atomic E-state index is 3.63. The molecule has 1 aliphatic rings. The Morgan fingerprint density at radius 1 is 0.654 bits per heavy atom. The molecule has 1 aliphatic heterocycles. The molecule has 26 heavy (non-hydrogen) atoms. The quantitative estimate of drug-likeness (QED) is 0.366. The topological polar surface area (TPSA) is 15.8 Å². The highest BCUT2D eigenvalue weighted by Gasteiger charge is 2.38. The Balaban J connectivity index is 1.78. The monoisotopic (exact) mass is 349 g/mol. The maximum Gasteiger partial charge on any atom is 0.114 e. The lowest BCUT2D eigenvalue weighted by molar-refractivity contribution is 1.55. The van der Waals surface area contributed by atoms with Crippen molar-refractivity contribution >= 4 is 51.0 Å². The summed E-state index contributed by atoms with van der Waals surface area (Å²) in [6.07, 6.45) is 0. The largest absolute Gasteiger partial charge is 0.354 e. The molecule has 2 heteroatoms. The highest BCUT2D eigenvalue weighted by Crippen LogP contribution is 2.35. The number of H-pyrrole nitrogens is 1. The number of para-hydroxylation sites is 1. The summed E-state index contributed by atoms with van der Waals surface area (Å²) in [5, 5.41) is 8.58. The summed E-state index contributed by atoms with van der Waals surface area (Å²) in [6.45, 7) is 4.99. The van der Waals surface area contributed by atoms with Crippen LogP contribution in [0.2, 0.25) is 13.1 Å². The van der Waals surface area contributed by atoms with Crippen LogP contribution in [0, 0.1) is 0 Å². The molecular weight excluding hydrogens is 330 g/mol. The summed E-state index contributed by atoms with van der Waals surface area (Å²) in [5.41, 5.74) is 5.35. The fourth-order valence-corrected chi connectivity index (χ4v) is 8.42. The summed E-state index contributed by atoms with van der Waals surface area (Å²) < 4.78 is 0. The minimum atomic E-state index is -1.69. The van der Waals surface area contributed by atoms with Crippen LogP contribution in [0.1, 0.15) is 0 Å². The van der Waals surface area contributed by atoms with Crippen LogP contribution >= 0.6 is 0 Å². The van der Waals surface area contributed by atoms with Gasteiger partial charge in [0.2, 0.25) is 0 Å². The van der Waals surface area contributed by atoms with E-state index in [0.29, 0.717) is 0 Å². The lowest BCUT2D eigenvalue weighted by Crippen LogP contribution is -2.49. The van der Waals surface area contributed by atoms with Crippen LogP contribution in [0.15, 0.2) is 72.8 Å². The average molecular weight is 350 g/mol. The van der Waals surface area contributed by atoms with Gasteiger partial charge in [0.15, 0.2) is 0 Å². The van der Waals surface area contributed by atoms with Crippen LogP contribution in [-0.4, -0.2) is 13.1 Å². The zero-order chi connectivity index (χ0) is 17.5. The predicted octanol–water partition coefficient (Wildman–Crippen LogP) is 5.28. The second kappa shape index (κ2) is 4.66. The fraction of sp³-hybridized carbons (Fsp3) is 0.0833. The molecule has 0 saturated carbocycles. The number of hydrogen-bond donors (Lipinski definition) is 1. The van der Waals surface area contributed by atoms with Gasteiger partial charge < -0.3 is 4.98 Å². The van der Waals surface area contributed by atoms with Crippen LogP contribution in [0.4, 0.5) is 0 Å². The van der Waals surface area contributed by atoms with E-state index in [1.165, 1.54) is 43.7 Å². The van der Waals surface area contributed by atoms with Crippen molar-refractivity contribution in [1.82, 2.24) is 4.98 Å². The van der Waals surface area contributed by atoms with E-state index in [9.17, 15) is 0 Å². The van der Waals surface area contributed by atoms with Gasteiger partial charge in [0.25, 0.3) is 0 Å². The number of rotatable bonds is 0. The molecule has 1 nitrogen and oxygen atoms in total. The van der Waals surface area contributed by atoms with Gasteiger partial charge in [-0.15, -0.1) is 0 Å². The van der Waals surface area contributed by atoms with Crippen molar-refractivity contribution in [3.05, 3.63) is 72.8 Å². The van der Waals surface area contributed by atoms with E-state index in [1.54, 1.807) is 10.4 Å². The van der Waals surface area contributed by atoms with Gasteiger partial charge in [-0.3, -0.25) is 0 Å². The Hall–Kier alpha value is -2.84. The van der Waals surface area contributed by atoms with Crippen molar-refractivity contribution in [2.45, 2.75) is 13.1 Å². The van der Waals surface area contributed by atoms with E-state index in [-0.39, 0.29) is 0 Å². The Bertz CT molecular complexity index is 1360. The first-order valence-corrected chi connectivity index (χ1v) is 12.2. The van der Waals surface area contributed by atoms with Gasteiger partial charge in [0, 0.05) is 21.8 Å². The van der Waals surface area contributed by atoms with E-state index < -0.39 is 8.07 Å². The molecule has 0 radical (unpaired) electrons. The van der Waals surface area contributed by atoms with Crippen LogP contribution in [0.3, 0.4) is 0 Å². The SMILES string of the molecule is C[Si]1(C)c2ccccc2-c2ccc3cc4c(cc3c21)[nH]c1ccccc14. The number of aromatic amines is 1. The first kappa shape index (κ1) is 14.3. The highest BCUT2D eigenvalue weighted by molar-refractivity contribution is 7.05. The van der Waals surface area contributed by atoms with Gasteiger partial charge >= 0.3 is 0 Å². The Labute approximate surface area is 153 Å². The minimum Gasteiger partial charge on any atom is -0.354 e. The van der Waals surface area contributed by atoms with Crippen molar-refractivity contribution < 1.29 is 0 Å². The number of nitrogens with one attached hydrogen (secondary N) is 1. The summed E-state index contributed by atoms with van der Waals surface area (Å²) >= 11 is 0. The van der Waals surface area contributed by atoms with E-state index in [2.05, 4.69) is 90.9 Å². The predicted molar refractivity (Wildman–Crippen MR) is 115 cm³/mol. The van der Waals surface area contributed by atoms with Crippen LogP contribution in [0.25, 0.3) is 43.7 Å². The van der Waals surface area contributed by atoms with Crippen LogP contribution < -0.4 is 10.4 Å². The average Bonchev–Trinajstić information content (AvgIpc) is 3.13. The summed E-state index contributed by atoms with van der Waals surface area (Å²) in [5.74, 6) is 0. The summed E-state index contributed by atoms with van der Waals surface area (Å²) in [6, 6.07) is 27.0. The van der Waals surface area contributed by atoms with Crippen molar-refractivity contribution in [2.75, 3.05) is 0 Å². The normalized spacial score (nSPS) is 14.8. The van der Waals surface area contributed by atoms with Gasteiger partial charge in [-0.25, -0.2) is 0 Å². The molecule has 6 rings (SSSR count). The molecule has 0 aliphatic carbocycles. The second-order valence-corrected chi connectivity index (χ2v) is 12.2. The van der Waals surface area contributed by atoms with E-state index in [1.807, 2.05) is 0 Å².